The summed E-state index contributed by atoms with van der Waals surface area (Å²) in [5.41, 5.74) is 2.91. The Balaban J connectivity index is 1.93. The molecule has 128 valence electrons. The van der Waals surface area contributed by atoms with Gasteiger partial charge in [-0.25, -0.2) is 0 Å². The maximum Gasteiger partial charge on any atom is 0.0629 e. The molecule has 0 fully saturated rings. The largest absolute Gasteiger partial charge is 0.0629 e. The Kier molecular flexibility index (Phi) is 2.90. The van der Waals surface area contributed by atoms with E-state index < -0.39 is 0 Å². The first-order valence-corrected chi connectivity index (χ1v) is 9.46. The fraction of sp³-hybridized carbons (Fsp3) is 0. The highest BCUT2D eigenvalue weighted by molar-refractivity contribution is 9.10. The molecule has 1 heteroatoms. The molecular weight excluding hydrogens is 392 g/mol. The molecular formula is C26H17Br. The highest BCUT2D eigenvalue weighted by atomic mass is 79.9. The van der Waals surface area contributed by atoms with E-state index in [0.717, 1.165) is 37.1 Å². The van der Waals surface area contributed by atoms with Crippen LogP contribution in [0.1, 0.15) is 6.85 Å². The van der Waals surface area contributed by atoms with Gasteiger partial charge in [0, 0.05) is 4.47 Å². The van der Waals surface area contributed by atoms with Crippen molar-refractivity contribution in [2.75, 3.05) is 0 Å². The number of fused-ring (bicyclic) bond motifs is 2. The van der Waals surface area contributed by atoms with E-state index in [1.54, 1.807) is 0 Å². The molecule has 0 aliphatic heterocycles. The molecule has 5 aromatic rings. The minimum Gasteiger partial charge on any atom is -0.0622 e. The topological polar surface area (TPSA) is 0 Å². The third-order valence-electron chi connectivity index (χ3n) is 4.81. The van der Waals surface area contributed by atoms with Gasteiger partial charge >= 0.3 is 0 Å². The Hall–Kier alpha value is -2.90. The first kappa shape index (κ1) is 11.7. The van der Waals surface area contributed by atoms with Crippen LogP contribution in [-0.2, 0) is 0 Å². The molecule has 5 aromatic carbocycles. The average molecular weight is 414 g/mol. The van der Waals surface area contributed by atoms with E-state index in [2.05, 4.69) is 40.2 Å². The van der Waals surface area contributed by atoms with Crippen LogP contribution in [0.3, 0.4) is 0 Å². The van der Waals surface area contributed by atoms with Crippen molar-refractivity contribution >= 4 is 37.5 Å². The zero-order valence-electron chi connectivity index (χ0n) is 19.3. The zero-order chi connectivity index (χ0) is 22.6. The third-order valence-corrected chi connectivity index (χ3v) is 5.66. The van der Waals surface area contributed by atoms with Crippen LogP contribution in [0.4, 0.5) is 0 Å². The molecule has 0 saturated heterocycles. The van der Waals surface area contributed by atoms with Crippen molar-refractivity contribution in [2.45, 2.75) is 0 Å². The molecule has 27 heavy (non-hydrogen) atoms. The van der Waals surface area contributed by atoms with Crippen molar-refractivity contribution in [1.82, 2.24) is 0 Å². The van der Waals surface area contributed by atoms with Crippen molar-refractivity contribution in [1.29, 1.82) is 0 Å². The fourth-order valence-electron chi connectivity index (χ4n) is 3.59. The summed E-state index contributed by atoms with van der Waals surface area (Å²) in [6, 6.07) is 22.5. The van der Waals surface area contributed by atoms with Crippen molar-refractivity contribution in [3.63, 3.8) is 0 Å². The molecule has 0 radical (unpaired) electrons. The molecule has 0 atom stereocenters. The van der Waals surface area contributed by atoms with Crippen LogP contribution in [0.25, 0.3) is 43.8 Å². The zero-order valence-corrected chi connectivity index (χ0v) is 15.9. The van der Waals surface area contributed by atoms with Crippen molar-refractivity contribution in [2.24, 2.45) is 0 Å². The van der Waals surface area contributed by atoms with Crippen LogP contribution >= 0.6 is 15.9 Å². The second-order valence-corrected chi connectivity index (χ2v) is 7.15. The molecule has 0 amide bonds. The summed E-state index contributed by atoms with van der Waals surface area (Å²) < 4.78 is 41.7. The van der Waals surface area contributed by atoms with E-state index in [1.165, 1.54) is 0 Å². The third kappa shape index (κ3) is 2.75. The van der Waals surface area contributed by atoms with Gasteiger partial charge in [0.15, 0.2) is 0 Å². The van der Waals surface area contributed by atoms with Gasteiger partial charge < -0.3 is 0 Å². The predicted octanol–water partition coefficient (Wildman–Crippen LogP) is 8.09. The van der Waals surface area contributed by atoms with Gasteiger partial charge in [0.25, 0.3) is 0 Å². The van der Waals surface area contributed by atoms with Gasteiger partial charge in [0.05, 0.1) is 6.85 Å². The van der Waals surface area contributed by atoms with Crippen LogP contribution in [0.2, 0.25) is 0 Å². The van der Waals surface area contributed by atoms with E-state index >= 15 is 0 Å². The van der Waals surface area contributed by atoms with Gasteiger partial charge in [-0.1, -0.05) is 96.9 Å². The normalized spacial score (nSPS) is 13.7. The minimum absolute atomic E-state index is 0.198. The van der Waals surface area contributed by atoms with Gasteiger partial charge in [-0.3, -0.25) is 0 Å². The summed E-state index contributed by atoms with van der Waals surface area (Å²) >= 11 is 3.77. The molecule has 0 unspecified atom stereocenters. The van der Waals surface area contributed by atoms with Crippen molar-refractivity contribution in [3.05, 3.63) is 107 Å². The predicted molar refractivity (Wildman–Crippen MR) is 120 cm³/mol. The van der Waals surface area contributed by atoms with E-state index in [0.29, 0.717) is 5.56 Å². The first-order valence-electron chi connectivity index (χ1n) is 11.2. The highest BCUT2D eigenvalue weighted by Crippen LogP contribution is 2.42. The SMILES string of the molecule is [2H]c1c([2H])c([2H])c(-c2ccc3c(Br)c4ccccc4c(-c4ccccc4)c3c2)c([2H])c1[2H]. The quantitative estimate of drug-likeness (QED) is 0.256. The van der Waals surface area contributed by atoms with Crippen LogP contribution in [-0.4, -0.2) is 0 Å². The summed E-state index contributed by atoms with van der Waals surface area (Å²) in [7, 11) is 0. The Morgan fingerprint density at radius 1 is 0.556 bits per heavy atom. The first-order chi connectivity index (χ1) is 15.4. The van der Waals surface area contributed by atoms with Gasteiger partial charge in [-0.15, -0.1) is 0 Å². The average Bonchev–Trinajstić information content (AvgIpc) is 2.82. The second-order valence-electron chi connectivity index (χ2n) is 6.36. The Morgan fingerprint density at radius 2 is 1.22 bits per heavy atom. The molecule has 0 bridgehead atoms. The maximum atomic E-state index is 8.39. The molecule has 0 saturated carbocycles. The van der Waals surface area contributed by atoms with E-state index in [4.69, 9.17) is 6.85 Å². The van der Waals surface area contributed by atoms with Crippen molar-refractivity contribution in [3.8, 4) is 22.3 Å². The Bertz CT molecular complexity index is 1500. The van der Waals surface area contributed by atoms with E-state index in [-0.39, 0.29) is 35.8 Å². The summed E-state index contributed by atoms with van der Waals surface area (Å²) in [6.07, 6.45) is 0. The summed E-state index contributed by atoms with van der Waals surface area (Å²) in [6.45, 7) is 0. The lowest BCUT2D eigenvalue weighted by molar-refractivity contribution is 1.63. The number of hydrogen-bond acceptors (Lipinski definition) is 0. The minimum atomic E-state index is -0.386. The molecule has 0 nitrogen and oxygen atoms in total. The highest BCUT2D eigenvalue weighted by Gasteiger charge is 2.14. The fourth-order valence-corrected chi connectivity index (χ4v) is 4.28. The lowest BCUT2D eigenvalue weighted by atomic mass is 9.90. The molecule has 5 rings (SSSR count). The summed E-state index contributed by atoms with van der Waals surface area (Å²) in [4.78, 5) is 0. The molecule has 0 spiro atoms. The monoisotopic (exact) mass is 413 g/mol. The smallest absolute Gasteiger partial charge is 0.0622 e. The number of hydrogen-bond donors (Lipinski definition) is 0. The van der Waals surface area contributed by atoms with Crippen LogP contribution in [0.5, 0.6) is 0 Å². The maximum absolute atomic E-state index is 8.39. The second kappa shape index (κ2) is 6.68. The van der Waals surface area contributed by atoms with Crippen LogP contribution in [0.15, 0.2) is 107 Å². The van der Waals surface area contributed by atoms with Crippen LogP contribution < -0.4 is 0 Å². The van der Waals surface area contributed by atoms with Gasteiger partial charge in [-0.05, 0) is 65.8 Å². The lowest BCUT2D eigenvalue weighted by Gasteiger charge is -2.15. The standard InChI is InChI=1S/C26H17Br/c27-26-22-14-8-7-13-21(22)25(19-11-5-2-6-12-19)24-17-20(15-16-23(24)26)18-9-3-1-4-10-18/h1-17H/i1D,3D,4D,9D,10D. The van der Waals surface area contributed by atoms with Crippen molar-refractivity contribution < 1.29 is 6.85 Å². The molecule has 0 N–H and O–H groups in total. The summed E-state index contributed by atoms with van der Waals surface area (Å²) in [5.74, 6) is 0. The molecule has 0 heterocycles. The molecule has 0 aliphatic rings. The van der Waals surface area contributed by atoms with Gasteiger partial charge in [-0.2, -0.15) is 0 Å². The number of benzene rings is 5. The summed E-state index contributed by atoms with van der Waals surface area (Å²) in [5, 5.41) is 4.12. The molecule has 0 aliphatic carbocycles. The molecule has 0 aromatic heterocycles. The van der Waals surface area contributed by atoms with E-state index in [1.807, 2.05) is 48.5 Å². The Labute approximate surface area is 174 Å². The van der Waals surface area contributed by atoms with Crippen LogP contribution in [0, 0.1) is 0 Å². The van der Waals surface area contributed by atoms with Gasteiger partial charge in [0.1, 0.15) is 0 Å². The van der Waals surface area contributed by atoms with E-state index in [9.17, 15) is 0 Å². The number of halogens is 1. The number of rotatable bonds is 2. The lowest BCUT2D eigenvalue weighted by Crippen LogP contribution is -1.88. The van der Waals surface area contributed by atoms with Gasteiger partial charge in [0.2, 0.25) is 0 Å². The Morgan fingerprint density at radius 3 is 2.00 bits per heavy atom.